The number of halogens is 2. The maximum absolute atomic E-state index is 12.1. The van der Waals surface area contributed by atoms with Crippen LogP contribution in [0.2, 0.25) is 9.36 Å². The monoisotopic (exact) mass is 286 g/mol. The van der Waals surface area contributed by atoms with E-state index in [1.165, 1.54) is 11.3 Å². The molecule has 0 fully saturated rings. The molecule has 1 heterocycles. The second-order valence-corrected chi connectivity index (χ2v) is 5.57. The topological polar surface area (TPSA) is 37.3 Å². The highest BCUT2D eigenvalue weighted by molar-refractivity contribution is 7.16. The fourth-order valence-electron chi connectivity index (χ4n) is 1.44. The van der Waals surface area contributed by atoms with Crippen molar-refractivity contribution in [3.63, 3.8) is 0 Å². The molecule has 0 saturated heterocycles. The Morgan fingerprint density at radius 2 is 2.06 bits per heavy atom. The fourth-order valence-corrected chi connectivity index (χ4v) is 2.80. The van der Waals surface area contributed by atoms with Gasteiger partial charge in [0, 0.05) is 15.5 Å². The molecule has 0 unspecified atom stereocenters. The number of carbonyl (C=O) groups is 1. The highest BCUT2D eigenvalue weighted by Gasteiger charge is 2.16. The molecule has 0 atom stereocenters. The van der Waals surface area contributed by atoms with Gasteiger partial charge in [0.2, 0.25) is 0 Å². The molecule has 88 valence electrons. The number of rotatable bonds is 3. The molecule has 2 nitrogen and oxygen atoms in total. The second-order valence-electron chi connectivity index (χ2n) is 3.40. The Morgan fingerprint density at radius 3 is 2.65 bits per heavy atom. The highest BCUT2D eigenvalue weighted by Crippen LogP contribution is 2.29. The van der Waals surface area contributed by atoms with Crippen molar-refractivity contribution >= 4 is 40.3 Å². The van der Waals surface area contributed by atoms with Gasteiger partial charge in [-0.15, -0.1) is 11.3 Å². The van der Waals surface area contributed by atoms with Crippen molar-refractivity contribution in [1.82, 2.24) is 0 Å². The zero-order valence-electron chi connectivity index (χ0n) is 8.61. The first-order valence-corrected chi connectivity index (χ1v) is 6.38. The minimum atomic E-state index is -0.187. The molecule has 0 aliphatic heterocycles. The third-order valence-corrected chi connectivity index (χ3v) is 3.80. The number of hydrogen-bond acceptors (Lipinski definition) is 3. The molecule has 2 aromatic rings. The quantitative estimate of drug-likeness (QED) is 0.872. The predicted octanol–water partition coefficient (Wildman–Crippen LogP) is 3.78. The van der Waals surface area contributed by atoms with Gasteiger partial charge >= 0.3 is 0 Å². The normalized spacial score (nSPS) is 10.5. The van der Waals surface area contributed by atoms with Gasteiger partial charge in [0.05, 0.1) is 12.2 Å². The molecule has 0 bridgehead atoms. The van der Waals surface area contributed by atoms with Crippen molar-refractivity contribution in [2.24, 2.45) is 0 Å². The van der Waals surface area contributed by atoms with Crippen molar-refractivity contribution in [1.29, 1.82) is 0 Å². The van der Waals surface area contributed by atoms with Crippen LogP contribution < -0.4 is 0 Å². The van der Waals surface area contributed by atoms with Crippen LogP contribution in [0.25, 0.3) is 0 Å². The summed E-state index contributed by atoms with van der Waals surface area (Å²) in [5, 5.41) is 9.50. The summed E-state index contributed by atoms with van der Waals surface area (Å²) in [5.41, 5.74) is 0.893. The third-order valence-electron chi connectivity index (χ3n) is 2.23. The smallest absolute Gasteiger partial charge is 0.195 e. The van der Waals surface area contributed by atoms with E-state index in [4.69, 9.17) is 28.3 Å². The molecule has 1 aromatic heterocycles. The predicted molar refractivity (Wildman–Crippen MR) is 70.1 cm³/mol. The number of benzene rings is 1. The number of aliphatic hydroxyl groups is 1. The highest BCUT2D eigenvalue weighted by atomic mass is 35.5. The van der Waals surface area contributed by atoms with E-state index < -0.39 is 0 Å². The second kappa shape index (κ2) is 5.19. The Kier molecular flexibility index (Phi) is 3.84. The van der Waals surface area contributed by atoms with Gasteiger partial charge in [0.25, 0.3) is 0 Å². The molecule has 0 aliphatic carbocycles. The average Bonchev–Trinajstić information content (AvgIpc) is 2.69. The first-order valence-electron chi connectivity index (χ1n) is 4.81. The Labute approximate surface area is 112 Å². The van der Waals surface area contributed by atoms with E-state index in [0.717, 1.165) is 0 Å². The van der Waals surface area contributed by atoms with Gasteiger partial charge in [-0.2, -0.15) is 0 Å². The molecule has 0 radical (unpaired) electrons. The van der Waals surface area contributed by atoms with Crippen molar-refractivity contribution in [3.8, 4) is 0 Å². The van der Waals surface area contributed by atoms with Gasteiger partial charge < -0.3 is 5.11 Å². The van der Waals surface area contributed by atoms with Gasteiger partial charge in [-0.3, -0.25) is 4.79 Å². The molecule has 0 amide bonds. The van der Waals surface area contributed by atoms with E-state index in [0.29, 0.717) is 25.4 Å². The summed E-state index contributed by atoms with van der Waals surface area (Å²) in [4.78, 5) is 12.8. The van der Waals surface area contributed by atoms with E-state index in [1.54, 1.807) is 30.3 Å². The molecule has 1 N–H and O–H groups in total. The zero-order valence-corrected chi connectivity index (χ0v) is 10.9. The SMILES string of the molecule is O=C(c1cccc(Cl)c1)c1cc(CO)sc1Cl. The zero-order chi connectivity index (χ0) is 12.4. The van der Waals surface area contributed by atoms with Gasteiger partial charge in [-0.05, 0) is 18.2 Å². The van der Waals surface area contributed by atoms with E-state index in [9.17, 15) is 4.79 Å². The molecular weight excluding hydrogens is 279 g/mol. The van der Waals surface area contributed by atoms with Gasteiger partial charge in [-0.1, -0.05) is 35.3 Å². The molecule has 5 heteroatoms. The van der Waals surface area contributed by atoms with Crippen LogP contribution in [0, 0.1) is 0 Å². The maximum Gasteiger partial charge on any atom is 0.195 e. The molecular formula is C12H8Cl2O2S. The Balaban J connectivity index is 2.40. The standard InChI is InChI=1S/C12H8Cl2O2S/c13-8-3-1-2-7(4-8)11(16)10-5-9(6-15)17-12(10)14/h1-5,15H,6H2. The first-order chi connectivity index (χ1) is 8.11. The summed E-state index contributed by atoms with van der Waals surface area (Å²) >= 11 is 13.0. The van der Waals surface area contributed by atoms with Crippen LogP contribution in [0.5, 0.6) is 0 Å². The van der Waals surface area contributed by atoms with Crippen LogP contribution in [0.4, 0.5) is 0 Å². The van der Waals surface area contributed by atoms with Gasteiger partial charge in [-0.25, -0.2) is 0 Å². The van der Waals surface area contributed by atoms with E-state index in [2.05, 4.69) is 0 Å². The fraction of sp³-hybridized carbons (Fsp3) is 0.0833. The largest absolute Gasteiger partial charge is 0.391 e. The number of hydrogen-bond donors (Lipinski definition) is 1. The van der Waals surface area contributed by atoms with E-state index in [1.807, 2.05) is 0 Å². The van der Waals surface area contributed by atoms with Crippen molar-refractivity contribution in [3.05, 3.63) is 55.7 Å². The summed E-state index contributed by atoms with van der Waals surface area (Å²) < 4.78 is 0.388. The van der Waals surface area contributed by atoms with E-state index in [-0.39, 0.29) is 12.4 Å². The van der Waals surface area contributed by atoms with Crippen molar-refractivity contribution < 1.29 is 9.90 Å². The van der Waals surface area contributed by atoms with Gasteiger partial charge in [0.1, 0.15) is 4.34 Å². The van der Waals surface area contributed by atoms with Crippen LogP contribution in [-0.4, -0.2) is 10.9 Å². The number of aliphatic hydroxyl groups excluding tert-OH is 1. The first kappa shape index (κ1) is 12.6. The average molecular weight is 287 g/mol. The number of thiophene rings is 1. The Morgan fingerprint density at radius 1 is 1.29 bits per heavy atom. The molecule has 0 saturated carbocycles. The van der Waals surface area contributed by atoms with Crippen LogP contribution in [0.1, 0.15) is 20.8 Å². The molecule has 0 spiro atoms. The molecule has 2 rings (SSSR count). The number of carbonyl (C=O) groups excluding carboxylic acids is 1. The van der Waals surface area contributed by atoms with Crippen molar-refractivity contribution in [2.45, 2.75) is 6.61 Å². The minimum absolute atomic E-state index is 0.118. The lowest BCUT2D eigenvalue weighted by Crippen LogP contribution is -1.99. The molecule has 1 aromatic carbocycles. The maximum atomic E-state index is 12.1. The van der Waals surface area contributed by atoms with Crippen molar-refractivity contribution in [2.75, 3.05) is 0 Å². The molecule has 0 aliphatic rings. The lowest BCUT2D eigenvalue weighted by atomic mass is 10.1. The van der Waals surface area contributed by atoms with Crippen LogP contribution in [-0.2, 0) is 6.61 Å². The summed E-state index contributed by atoms with van der Waals surface area (Å²) in [7, 11) is 0. The summed E-state index contributed by atoms with van der Waals surface area (Å²) in [6.45, 7) is -0.118. The summed E-state index contributed by atoms with van der Waals surface area (Å²) in [6.07, 6.45) is 0. The Bertz CT molecular complexity index is 563. The summed E-state index contributed by atoms with van der Waals surface area (Å²) in [6, 6.07) is 8.29. The lowest BCUT2D eigenvalue weighted by molar-refractivity contribution is 0.103. The summed E-state index contributed by atoms with van der Waals surface area (Å²) in [5.74, 6) is -0.187. The van der Waals surface area contributed by atoms with E-state index >= 15 is 0 Å². The van der Waals surface area contributed by atoms with Crippen LogP contribution in [0.15, 0.2) is 30.3 Å². The van der Waals surface area contributed by atoms with Crippen LogP contribution >= 0.6 is 34.5 Å². The van der Waals surface area contributed by atoms with Gasteiger partial charge in [0.15, 0.2) is 5.78 Å². The Hall–Kier alpha value is -0.870. The minimum Gasteiger partial charge on any atom is -0.391 e. The third kappa shape index (κ3) is 2.69. The molecule has 17 heavy (non-hydrogen) atoms. The lowest BCUT2D eigenvalue weighted by Gasteiger charge is -1.99. The number of ketones is 1. The van der Waals surface area contributed by atoms with Crippen LogP contribution in [0.3, 0.4) is 0 Å².